The molecule has 2 aliphatic rings. The highest BCUT2D eigenvalue weighted by atomic mass is 16.5. The van der Waals surface area contributed by atoms with E-state index in [1.54, 1.807) is 0 Å². The second kappa shape index (κ2) is 8.56. The third-order valence-corrected chi connectivity index (χ3v) is 4.95. The van der Waals surface area contributed by atoms with Gasteiger partial charge in [0.2, 0.25) is 0 Å². The summed E-state index contributed by atoms with van der Waals surface area (Å²) >= 11 is 0. The number of ether oxygens (including phenoxy) is 2. The minimum absolute atomic E-state index is 0.351. The van der Waals surface area contributed by atoms with Crippen molar-refractivity contribution in [1.29, 1.82) is 0 Å². The van der Waals surface area contributed by atoms with Gasteiger partial charge in [-0.25, -0.2) is 4.99 Å². The monoisotopic (exact) mass is 345 g/mol. The molecular weight excluding hydrogens is 314 g/mol. The fraction of sp³-hybridized carbons (Fsp3) is 0.650. The zero-order chi connectivity index (χ0) is 17.6. The molecule has 25 heavy (non-hydrogen) atoms. The van der Waals surface area contributed by atoms with Crippen molar-refractivity contribution in [2.24, 2.45) is 4.99 Å². The van der Waals surface area contributed by atoms with Gasteiger partial charge in [0.05, 0.1) is 24.8 Å². The van der Waals surface area contributed by atoms with Gasteiger partial charge < -0.3 is 20.1 Å². The first-order valence-electron chi connectivity index (χ1n) is 9.58. The Morgan fingerprint density at radius 1 is 1.28 bits per heavy atom. The molecule has 1 aromatic carbocycles. The molecule has 0 spiro atoms. The Balaban J connectivity index is 1.45. The highest BCUT2D eigenvalue weighted by Crippen LogP contribution is 2.34. The number of fused-ring (bicyclic) bond motifs is 2. The molecule has 0 aliphatic carbocycles. The summed E-state index contributed by atoms with van der Waals surface area (Å²) in [5.74, 6) is 2.31. The van der Waals surface area contributed by atoms with E-state index in [4.69, 9.17) is 9.47 Å². The number of nitrogens with one attached hydrogen (secondary N) is 2. The molecule has 2 aliphatic heterocycles. The minimum Gasteiger partial charge on any atom is -0.492 e. The Hall–Kier alpha value is -1.75. The van der Waals surface area contributed by atoms with E-state index in [0.29, 0.717) is 37.3 Å². The molecule has 2 heterocycles. The largest absolute Gasteiger partial charge is 0.492 e. The van der Waals surface area contributed by atoms with E-state index in [0.717, 1.165) is 31.1 Å². The summed E-state index contributed by atoms with van der Waals surface area (Å²) in [5, 5.41) is 6.84. The zero-order valence-corrected chi connectivity index (χ0v) is 15.6. The maximum absolute atomic E-state index is 5.90. The Bertz CT molecular complexity index is 571. The van der Waals surface area contributed by atoms with Crippen LogP contribution in [0.25, 0.3) is 0 Å². The van der Waals surface area contributed by atoms with Gasteiger partial charge in [0.15, 0.2) is 5.96 Å². The molecule has 2 fully saturated rings. The van der Waals surface area contributed by atoms with Crippen molar-refractivity contribution in [2.75, 3.05) is 19.7 Å². The lowest BCUT2D eigenvalue weighted by atomic mass is 9.96. The number of benzene rings is 1. The molecule has 0 aromatic heterocycles. The Morgan fingerprint density at radius 3 is 2.68 bits per heavy atom. The van der Waals surface area contributed by atoms with Gasteiger partial charge in [-0.15, -0.1) is 0 Å². The van der Waals surface area contributed by atoms with E-state index in [2.05, 4.69) is 48.5 Å². The summed E-state index contributed by atoms with van der Waals surface area (Å²) in [6.45, 7) is 8.53. The molecule has 3 unspecified atom stereocenters. The Morgan fingerprint density at radius 2 is 2.08 bits per heavy atom. The molecule has 3 atom stereocenters. The van der Waals surface area contributed by atoms with Crippen molar-refractivity contribution in [2.45, 2.75) is 64.2 Å². The lowest BCUT2D eigenvalue weighted by molar-refractivity contribution is 0.0992. The first-order chi connectivity index (χ1) is 12.2. The summed E-state index contributed by atoms with van der Waals surface area (Å²) in [5.41, 5.74) is 1.33. The van der Waals surface area contributed by atoms with Gasteiger partial charge in [-0.2, -0.15) is 0 Å². The zero-order valence-electron chi connectivity index (χ0n) is 15.6. The van der Waals surface area contributed by atoms with Gasteiger partial charge in [-0.3, -0.25) is 0 Å². The third kappa shape index (κ3) is 4.88. The number of guanidine groups is 1. The van der Waals surface area contributed by atoms with Crippen molar-refractivity contribution < 1.29 is 9.47 Å². The molecule has 0 radical (unpaired) electrons. The van der Waals surface area contributed by atoms with E-state index < -0.39 is 0 Å². The van der Waals surface area contributed by atoms with Crippen LogP contribution in [-0.4, -0.2) is 43.9 Å². The van der Waals surface area contributed by atoms with Crippen LogP contribution in [-0.2, 0) is 4.74 Å². The molecule has 0 saturated carbocycles. The summed E-state index contributed by atoms with van der Waals surface area (Å²) in [6, 6.07) is 8.72. The van der Waals surface area contributed by atoms with Crippen LogP contribution in [0.15, 0.2) is 29.3 Å². The van der Waals surface area contributed by atoms with Gasteiger partial charge in [0.1, 0.15) is 12.4 Å². The van der Waals surface area contributed by atoms with Crippen molar-refractivity contribution in [3.8, 4) is 5.75 Å². The third-order valence-electron chi connectivity index (χ3n) is 4.95. The summed E-state index contributed by atoms with van der Waals surface area (Å²) in [4.78, 5) is 4.64. The van der Waals surface area contributed by atoms with Crippen LogP contribution in [0.5, 0.6) is 5.75 Å². The summed E-state index contributed by atoms with van der Waals surface area (Å²) in [6.07, 6.45) is 4.26. The van der Waals surface area contributed by atoms with E-state index in [1.807, 2.05) is 12.1 Å². The first-order valence-corrected chi connectivity index (χ1v) is 9.58. The molecule has 138 valence electrons. The van der Waals surface area contributed by atoms with Crippen molar-refractivity contribution in [3.63, 3.8) is 0 Å². The van der Waals surface area contributed by atoms with Gasteiger partial charge in [0, 0.05) is 6.54 Å². The highest BCUT2D eigenvalue weighted by Gasteiger charge is 2.41. The molecule has 3 rings (SSSR count). The number of rotatable bonds is 7. The molecule has 2 N–H and O–H groups in total. The maximum Gasteiger partial charge on any atom is 0.191 e. The number of hydrogen-bond acceptors (Lipinski definition) is 3. The van der Waals surface area contributed by atoms with E-state index in [-0.39, 0.29) is 0 Å². The molecule has 2 saturated heterocycles. The topological polar surface area (TPSA) is 54.9 Å². The molecule has 5 heteroatoms. The van der Waals surface area contributed by atoms with E-state index >= 15 is 0 Å². The normalized spacial score (nSPS) is 25.4. The van der Waals surface area contributed by atoms with Crippen LogP contribution in [0.3, 0.4) is 0 Å². The van der Waals surface area contributed by atoms with Gasteiger partial charge in [-0.05, 0) is 49.8 Å². The molecule has 5 nitrogen and oxygen atoms in total. The number of nitrogens with zero attached hydrogens (tertiary/aromatic N) is 1. The Kier molecular flexibility index (Phi) is 6.19. The van der Waals surface area contributed by atoms with Gasteiger partial charge >= 0.3 is 0 Å². The van der Waals surface area contributed by atoms with Crippen LogP contribution in [0.2, 0.25) is 0 Å². The lowest BCUT2D eigenvalue weighted by Gasteiger charge is -2.22. The highest BCUT2D eigenvalue weighted by molar-refractivity contribution is 5.80. The average molecular weight is 345 g/mol. The molecule has 2 bridgehead atoms. The second-order valence-corrected chi connectivity index (χ2v) is 7.19. The predicted molar refractivity (Wildman–Crippen MR) is 101 cm³/mol. The fourth-order valence-electron chi connectivity index (χ4n) is 3.56. The van der Waals surface area contributed by atoms with Crippen molar-refractivity contribution >= 4 is 5.96 Å². The van der Waals surface area contributed by atoms with Crippen molar-refractivity contribution in [1.82, 2.24) is 10.6 Å². The molecule has 1 aromatic rings. The van der Waals surface area contributed by atoms with Crippen LogP contribution >= 0.6 is 0 Å². The first kappa shape index (κ1) is 18.1. The summed E-state index contributed by atoms with van der Waals surface area (Å²) in [7, 11) is 0. The van der Waals surface area contributed by atoms with Gasteiger partial charge in [0.25, 0.3) is 0 Å². The SMILES string of the molecule is CCNC(=NCCOc1ccc(C(C)C)cc1)NC1CC2CCC1O2. The fourth-order valence-corrected chi connectivity index (χ4v) is 3.56. The van der Waals surface area contributed by atoms with E-state index in [1.165, 1.54) is 12.0 Å². The smallest absolute Gasteiger partial charge is 0.191 e. The lowest BCUT2D eigenvalue weighted by Crippen LogP contribution is -2.47. The Labute approximate surface area is 151 Å². The molecular formula is C20H31N3O2. The quantitative estimate of drug-likeness (QED) is 0.453. The maximum atomic E-state index is 5.90. The second-order valence-electron chi connectivity index (χ2n) is 7.19. The van der Waals surface area contributed by atoms with Crippen LogP contribution in [0.1, 0.15) is 51.5 Å². The van der Waals surface area contributed by atoms with Gasteiger partial charge in [-0.1, -0.05) is 26.0 Å². The van der Waals surface area contributed by atoms with E-state index in [9.17, 15) is 0 Å². The average Bonchev–Trinajstić information content (AvgIpc) is 3.22. The van der Waals surface area contributed by atoms with Crippen LogP contribution in [0, 0.1) is 0 Å². The minimum atomic E-state index is 0.351. The van der Waals surface area contributed by atoms with Crippen molar-refractivity contribution in [3.05, 3.63) is 29.8 Å². The summed E-state index contributed by atoms with van der Waals surface area (Å²) < 4.78 is 11.7. The van der Waals surface area contributed by atoms with Crippen LogP contribution in [0.4, 0.5) is 0 Å². The number of aliphatic imine (C=N–C) groups is 1. The van der Waals surface area contributed by atoms with Crippen LogP contribution < -0.4 is 15.4 Å². The molecule has 0 amide bonds. The standard InChI is InChI=1S/C20H31N3O2/c1-4-21-20(23-18-13-17-9-10-19(18)25-17)22-11-12-24-16-7-5-15(6-8-16)14(2)3/h5-8,14,17-19H,4,9-13H2,1-3H3,(H2,21,22,23). The predicted octanol–water partition coefficient (Wildman–Crippen LogP) is 3.06. The number of hydrogen-bond donors (Lipinski definition) is 2.